The minimum absolute atomic E-state index is 0.0734. The predicted octanol–water partition coefficient (Wildman–Crippen LogP) is 2.39. The van der Waals surface area contributed by atoms with Crippen LogP contribution in [0.1, 0.15) is 38.2 Å². The van der Waals surface area contributed by atoms with Gasteiger partial charge >= 0.3 is 0 Å². The highest BCUT2D eigenvalue weighted by molar-refractivity contribution is 5.79. The Balaban J connectivity index is 1.98. The summed E-state index contributed by atoms with van der Waals surface area (Å²) in [6, 6.07) is 6.39. The van der Waals surface area contributed by atoms with E-state index in [0.29, 0.717) is 18.0 Å². The molecule has 0 aromatic heterocycles. The normalized spacial score (nSPS) is 26.2. The number of amides is 1. The summed E-state index contributed by atoms with van der Waals surface area (Å²) in [5.74, 6) is 0.218. The van der Waals surface area contributed by atoms with E-state index in [9.17, 15) is 9.18 Å². The maximum atomic E-state index is 13.6. The van der Waals surface area contributed by atoms with E-state index in [1.165, 1.54) is 6.07 Å². The van der Waals surface area contributed by atoms with E-state index < -0.39 is 0 Å². The summed E-state index contributed by atoms with van der Waals surface area (Å²) >= 11 is 0. The fraction of sp³-hybridized carbons (Fsp3) is 0.562. The molecule has 0 atom stereocenters. The average Bonchev–Trinajstić information content (AvgIpc) is 2.44. The maximum absolute atomic E-state index is 13.6. The molecule has 0 saturated heterocycles. The molecule has 1 aliphatic carbocycles. The highest BCUT2D eigenvalue weighted by Gasteiger charge is 2.34. The summed E-state index contributed by atoms with van der Waals surface area (Å²) in [4.78, 5) is 12.1. The number of benzene rings is 1. The zero-order chi connectivity index (χ0) is 14.6. The van der Waals surface area contributed by atoms with Crippen molar-refractivity contribution < 1.29 is 9.18 Å². The summed E-state index contributed by atoms with van der Waals surface area (Å²) in [5.41, 5.74) is 6.00. The minimum Gasteiger partial charge on any atom is -0.349 e. The minimum atomic E-state index is -0.332. The van der Waals surface area contributed by atoms with Crippen molar-refractivity contribution in [1.82, 2.24) is 5.32 Å². The molecule has 0 bridgehead atoms. The quantitative estimate of drug-likeness (QED) is 0.888. The molecular formula is C16H23FN2O. The number of hydrogen-bond donors (Lipinski definition) is 2. The standard InChI is InChI=1S/C16H23FN2O/c1-12-6-8-16(11-18,9-7-12)19-15(20)10-13-4-2-3-5-14(13)17/h2-5,12H,6-11,18H2,1H3,(H,19,20). The van der Waals surface area contributed by atoms with Crippen LogP contribution in [0.2, 0.25) is 0 Å². The van der Waals surface area contributed by atoms with Gasteiger partial charge in [0.15, 0.2) is 0 Å². The molecule has 0 aliphatic heterocycles. The van der Waals surface area contributed by atoms with E-state index in [-0.39, 0.29) is 23.7 Å². The summed E-state index contributed by atoms with van der Waals surface area (Å²) in [7, 11) is 0. The van der Waals surface area contributed by atoms with Crippen LogP contribution in [0.5, 0.6) is 0 Å². The van der Waals surface area contributed by atoms with Crippen LogP contribution < -0.4 is 11.1 Å². The van der Waals surface area contributed by atoms with Crippen molar-refractivity contribution >= 4 is 5.91 Å². The number of carbonyl (C=O) groups excluding carboxylic acids is 1. The molecule has 4 heteroatoms. The van der Waals surface area contributed by atoms with Gasteiger partial charge in [0.05, 0.1) is 12.0 Å². The van der Waals surface area contributed by atoms with Gasteiger partial charge in [0.2, 0.25) is 5.91 Å². The third kappa shape index (κ3) is 3.57. The van der Waals surface area contributed by atoms with Crippen LogP contribution in [0.3, 0.4) is 0 Å². The van der Waals surface area contributed by atoms with Gasteiger partial charge < -0.3 is 11.1 Å². The summed E-state index contributed by atoms with van der Waals surface area (Å²) in [6.07, 6.45) is 4.06. The Kier molecular flexibility index (Phi) is 4.76. The molecule has 1 amide bonds. The van der Waals surface area contributed by atoms with Gasteiger partial charge in [-0.15, -0.1) is 0 Å². The molecule has 3 N–H and O–H groups in total. The van der Waals surface area contributed by atoms with Crippen LogP contribution >= 0.6 is 0 Å². The van der Waals surface area contributed by atoms with Gasteiger partial charge in [0, 0.05) is 6.54 Å². The molecule has 1 fully saturated rings. The number of carbonyl (C=O) groups is 1. The Morgan fingerprint density at radius 2 is 2.05 bits per heavy atom. The Morgan fingerprint density at radius 1 is 1.40 bits per heavy atom. The van der Waals surface area contributed by atoms with Gasteiger partial charge in [-0.05, 0) is 43.2 Å². The van der Waals surface area contributed by atoms with Crippen molar-refractivity contribution in [3.05, 3.63) is 35.6 Å². The number of nitrogens with two attached hydrogens (primary N) is 1. The van der Waals surface area contributed by atoms with E-state index in [1.54, 1.807) is 18.2 Å². The molecular weight excluding hydrogens is 255 g/mol. The fourth-order valence-corrected chi connectivity index (χ4v) is 2.85. The highest BCUT2D eigenvalue weighted by Crippen LogP contribution is 2.31. The lowest BCUT2D eigenvalue weighted by atomic mass is 9.77. The molecule has 2 rings (SSSR count). The number of nitrogens with one attached hydrogen (secondary N) is 1. The van der Waals surface area contributed by atoms with Gasteiger partial charge in [-0.3, -0.25) is 4.79 Å². The first-order valence-electron chi connectivity index (χ1n) is 7.29. The highest BCUT2D eigenvalue weighted by atomic mass is 19.1. The first-order chi connectivity index (χ1) is 9.54. The maximum Gasteiger partial charge on any atom is 0.225 e. The van der Waals surface area contributed by atoms with Gasteiger partial charge in [-0.1, -0.05) is 25.1 Å². The monoisotopic (exact) mass is 278 g/mol. The molecule has 0 radical (unpaired) electrons. The largest absolute Gasteiger partial charge is 0.349 e. The third-order valence-electron chi connectivity index (χ3n) is 4.34. The van der Waals surface area contributed by atoms with Crippen molar-refractivity contribution in [1.29, 1.82) is 0 Å². The summed E-state index contributed by atoms with van der Waals surface area (Å²) in [6.45, 7) is 2.67. The first kappa shape index (κ1) is 15.0. The molecule has 0 spiro atoms. The molecule has 20 heavy (non-hydrogen) atoms. The predicted molar refractivity (Wildman–Crippen MR) is 77.7 cm³/mol. The lowest BCUT2D eigenvalue weighted by molar-refractivity contribution is -0.122. The van der Waals surface area contributed by atoms with Crippen molar-refractivity contribution in [2.75, 3.05) is 6.54 Å². The molecule has 0 unspecified atom stereocenters. The van der Waals surface area contributed by atoms with Crippen LogP contribution in [0.15, 0.2) is 24.3 Å². The molecule has 1 saturated carbocycles. The van der Waals surface area contributed by atoms with Gasteiger partial charge in [-0.2, -0.15) is 0 Å². The molecule has 0 heterocycles. The van der Waals surface area contributed by atoms with Crippen LogP contribution in [-0.4, -0.2) is 18.0 Å². The van der Waals surface area contributed by atoms with Crippen molar-refractivity contribution in [3.8, 4) is 0 Å². The Bertz CT molecular complexity index is 467. The second kappa shape index (κ2) is 6.35. The summed E-state index contributed by atoms with van der Waals surface area (Å²) in [5, 5.41) is 3.05. The Hall–Kier alpha value is -1.42. The van der Waals surface area contributed by atoms with Gasteiger partial charge in [-0.25, -0.2) is 4.39 Å². The van der Waals surface area contributed by atoms with E-state index >= 15 is 0 Å². The van der Waals surface area contributed by atoms with Crippen molar-refractivity contribution in [2.24, 2.45) is 11.7 Å². The first-order valence-corrected chi connectivity index (χ1v) is 7.29. The Labute approximate surface area is 119 Å². The van der Waals surface area contributed by atoms with Gasteiger partial charge in [0.1, 0.15) is 5.82 Å². The van der Waals surface area contributed by atoms with E-state index in [1.807, 2.05) is 0 Å². The molecule has 3 nitrogen and oxygen atoms in total. The molecule has 1 aromatic carbocycles. The second-order valence-corrected chi connectivity index (χ2v) is 5.98. The zero-order valence-electron chi connectivity index (χ0n) is 12.0. The molecule has 1 aliphatic rings. The summed E-state index contributed by atoms with van der Waals surface area (Å²) < 4.78 is 13.6. The van der Waals surface area contributed by atoms with E-state index in [0.717, 1.165) is 25.7 Å². The smallest absolute Gasteiger partial charge is 0.225 e. The molecule has 1 aromatic rings. The average molecular weight is 278 g/mol. The van der Waals surface area contributed by atoms with Gasteiger partial charge in [0.25, 0.3) is 0 Å². The number of rotatable bonds is 4. The van der Waals surface area contributed by atoms with E-state index in [2.05, 4.69) is 12.2 Å². The molecule has 110 valence electrons. The second-order valence-electron chi connectivity index (χ2n) is 5.98. The van der Waals surface area contributed by atoms with Crippen LogP contribution in [0.4, 0.5) is 4.39 Å². The van der Waals surface area contributed by atoms with Crippen LogP contribution in [-0.2, 0) is 11.2 Å². The number of halogens is 1. The number of hydrogen-bond acceptors (Lipinski definition) is 2. The Morgan fingerprint density at radius 3 is 2.65 bits per heavy atom. The fourth-order valence-electron chi connectivity index (χ4n) is 2.85. The van der Waals surface area contributed by atoms with Crippen molar-refractivity contribution in [3.63, 3.8) is 0 Å². The van der Waals surface area contributed by atoms with Crippen LogP contribution in [0, 0.1) is 11.7 Å². The van der Waals surface area contributed by atoms with Crippen LogP contribution in [0.25, 0.3) is 0 Å². The zero-order valence-corrected chi connectivity index (χ0v) is 12.0. The topological polar surface area (TPSA) is 55.1 Å². The third-order valence-corrected chi connectivity index (χ3v) is 4.34. The lowest BCUT2D eigenvalue weighted by Gasteiger charge is -2.39. The SMILES string of the molecule is CC1CCC(CN)(NC(=O)Cc2ccccc2F)CC1. The lowest BCUT2D eigenvalue weighted by Crippen LogP contribution is -2.55. The van der Waals surface area contributed by atoms with E-state index in [4.69, 9.17) is 5.73 Å². The van der Waals surface area contributed by atoms with Crippen molar-refractivity contribution in [2.45, 2.75) is 44.6 Å².